The van der Waals surface area contributed by atoms with Crippen LogP contribution in [-0.4, -0.2) is 0 Å². The first kappa shape index (κ1) is 13.2. The molecule has 0 N–H and O–H groups in total. The van der Waals surface area contributed by atoms with E-state index in [4.69, 9.17) is 23.2 Å². The normalized spacial score (nSPS) is 12.5. The molecule has 0 saturated heterocycles. The van der Waals surface area contributed by atoms with E-state index in [0.717, 1.165) is 6.07 Å². The smallest absolute Gasteiger partial charge is 0.161 e. The third-order valence-corrected chi connectivity index (χ3v) is 3.18. The van der Waals surface area contributed by atoms with Crippen LogP contribution in [0.2, 0.25) is 5.02 Å². The summed E-state index contributed by atoms with van der Waals surface area (Å²) in [4.78, 5) is 0. The first-order valence-electron chi connectivity index (χ1n) is 5.03. The average Bonchev–Trinajstić information content (AvgIpc) is 2.33. The first-order chi connectivity index (χ1) is 8.49. The molecule has 0 aliphatic rings. The fourth-order valence-electron chi connectivity index (χ4n) is 1.58. The van der Waals surface area contributed by atoms with Gasteiger partial charge in [-0.25, -0.2) is 13.2 Å². The summed E-state index contributed by atoms with van der Waals surface area (Å²) in [5, 5.41) is -0.500. The molecule has 0 nitrogen and oxygen atoms in total. The van der Waals surface area contributed by atoms with Gasteiger partial charge in [-0.15, -0.1) is 11.6 Å². The summed E-state index contributed by atoms with van der Waals surface area (Å²) in [6.07, 6.45) is 0. The zero-order valence-electron chi connectivity index (χ0n) is 8.93. The van der Waals surface area contributed by atoms with Gasteiger partial charge in [-0.05, 0) is 23.8 Å². The van der Waals surface area contributed by atoms with Crippen molar-refractivity contribution in [3.8, 4) is 0 Å². The van der Waals surface area contributed by atoms with Crippen LogP contribution in [0, 0.1) is 17.5 Å². The highest BCUT2D eigenvalue weighted by molar-refractivity contribution is 6.30. The minimum Gasteiger partial charge on any atom is -0.207 e. The standard InChI is InChI=1S/C13H7Cl2F3/c14-8-3-1-2-7(4-8)13(15)9-5-11(17)12(18)6-10(9)16/h1-6,13H. The third kappa shape index (κ3) is 2.62. The van der Waals surface area contributed by atoms with E-state index in [1.807, 2.05) is 0 Å². The lowest BCUT2D eigenvalue weighted by Gasteiger charge is -2.12. The predicted molar refractivity (Wildman–Crippen MR) is 65.5 cm³/mol. The van der Waals surface area contributed by atoms with Crippen molar-refractivity contribution in [1.82, 2.24) is 0 Å². The highest BCUT2D eigenvalue weighted by Crippen LogP contribution is 2.32. The first-order valence-corrected chi connectivity index (χ1v) is 5.84. The van der Waals surface area contributed by atoms with E-state index < -0.39 is 22.8 Å². The molecule has 94 valence electrons. The molecule has 0 fully saturated rings. The van der Waals surface area contributed by atoms with Gasteiger partial charge >= 0.3 is 0 Å². The van der Waals surface area contributed by atoms with E-state index in [1.165, 1.54) is 0 Å². The Morgan fingerprint density at radius 2 is 1.56 bits per heavy atom. The molecule has 18 heavy (non-hydrogen) atoms. The van der Waals surface area contributed by atoms with E-state index in [9.17, 15) is 13.2 Å². The molecule has 2 aromatic carbocycles. The van der Waals surface area contributed by atoms with Gasteiger partial charge in [0, 0.05) is 16.7 Å². The Balaban J connectivity index is 2.46. The van der Waals surface area contributed by atoms with Crippen LogP contribution < -0.4 is 0 Å². The van der Waals surface area contributed by atoms with Crippen LogP contribution in [0.1, 0.15) is 16.5 Å². The predicted octanol–water partition coefficient (Wildman–Crippen LogP) is 5.09. The minimum absolute atomic E-state index is 0.127. The van der Waals surface area contributed by atoms with E-state index in [2.05, 4.69) is 0 Å². The fraction of sp³-hybridized carbons (Fsp3) is 0.0769. The van der Waals surface area contributed by atoms with Gasteiger partial charge in [0.05, 0.1) is 5.38 Å². The van der Waals surface area contributed by atoms with Gasteiger partial charge in [0.25, 0.3) is 0 Å². The highest BCUT2D eigenvalue weighted by Gasteiger charge is 2.18. The second-order valence-electron chi connectivity index (χ2n) is 3.71. The van der Waals surface area contributed by atoms with E-state index >= 15 is 0 Å². The van der Waals surface area contributed by atoms with Gasteiger partial charge in [-0.3, -0.25) is 0 Å². The Kier molecular flexibility index (Phi) is 3.83. The minimum atomic E-state index is -1.24. The zero-order chi connectivity index (χ0) is 13.3. The van der Waals surface area contributed by atoms with Crippen molar-refractivity contribution in [2.45, 2.75) is 5.38 Å². The molecule has 0 amide bonds. The van der Waals surface area contributed by atoms with Crippen molar-refractivity contribution < 1.29 is 13.2 Å². The number of rotatable bonds is 2. The zero-order valence-corrected chi connectivity index (χ0v) is 10.4. The maximum atomic E-state index is 13.5. The molecule has 0 radical (unpaired) electrons. The molecular weight excluding hydrogens is 284 g/mol. The molecule has 2 rings (SSSR count). The van der Waals surface area contributed by atoms with Crippen molar-refractivity contribution in [3.05, 3.63) is 70.0 Å². The molecule has 1 unspecified atom stereocenters. The maximum absolute atomic E-state index is 13.5. The second kappa shape index (κ2) is 5.21. The molecule has 0 saturated carbocycles. The van der Waals surface area contributed by atoms with E-state index in [-0.39, 0.29) is 5.56 Å². The Morgan fingerprint density at radius 3 is 2.22 bits per heavy atom. The van der Waals surface area contributed by atoms with Crippen LogP contribution in [-0.2, 0) is 0 Å². The van der Waals surface area contributed by atoms with Crippen molar-refractivity contribution in [2.75, 3.05) is 0 Å². The molecule has 1 atom stereocenters. The topological polar surface area (TPSA) is 0 Å². The fourth-order valence-corrected chi connectivity index (χ4v) is 2.08. The summed E-state index contributed by atoms with van der Waals surface area (Å²) in [5.41, 5.74) is 0.381. The lowest BCUT2D eigenvalue weighted by molar-refractivity contribution is 0.490. The largest absolute Gasteiger partial charge is 0.207 e. The molecule has 0 spiro atoms. The van der Waals surface area contributed by atoms with Gasteiger partial charge in [0.15, 0.2) is 11.6 Å². The molecule has 0 aromatic heterocycles. The molecule has 0 bridgehead atoms. The summed E-state index contributed by atoms with van der Waals surface area (Å²) >= 11 is 11.8. The maximum Gasteiger partial charge on any atom is 0.161 e. The highest BCUT2D eigenvalue weighted by atomic mass is 35.5. The number of halogens is 5. The van der Waals surface area contributed by atoms with Crippen LogP contribution in [0.4, 0.5) is 13.2 Å². The molecule has 0 aliphatic heterocycles. The SMILES string of the molecule is Fc1cc(F)c(C(Cl)c2cccc(Cl)c2)cc1F. The number of hydrogen-bond donors (Lipinski definition) is 0. The summed E-state index contributed by atoms with van der Waals surface area (Å²) in [6.45, 7) is 0. The lowest BCUT2D eigenvalue weighted by Crippen LogP contribution is -2.00. The van der Waals surface area contributed by atoms with Gasteiger partial charge in [0.2, 0.25) is 0 Å². The molecular formula is C13H7Cl2F3. The molecule has 0 heterocycles. The number of hydrogen-bond acceptors (Lipinski definition) is 0. The molecule has 2 aromatic rings. The quantitative estimate of drug-likeness (QED) is 0.534. The van der Waals surface area contributed by atoms with Crippen LogP contribution >= 0.6 is 23.2 Å². The Hall–Kier alpha value is -1.19. The second-order valence-corrected chi connectivity index (χ2v) is 4.58. The molecule has 5 heteroatoms. The van der Waals surface area contributed by atoms with Gasteiger partial charge in [-0.1, -0.05) is 23.7 Å². The van der Waals surface area contributed by atoms with E-state index in [1.54, 1.807) is 24.3 Å². The van der Waals surface area contributed by atoms with Gasteiger partial charge in [-0.2, -0.15) is 0 Å². The summed E-state index contributed by atoms with van der Waals surface area (Å²) in [6, 6.07) is 7.68. The number of alkyl halides is 1. The lowest BCUT2D eigenvalue weighted by atomic mass is 10.0. The average molecular weight is 291 g/mol. The van der Waals surface area contributed by atoms with Crippen molar-refractivity contribution in [3.63, 3.8) is 0 Å². The van der Waals surface area contributed by atoms with Crippen molar-refractivity contribution in [1.29, 1.82) is 0 Å². The summed E-state index contributed by atoms with van der Waals surface area (Å²) in [5.74, 6) is -3.28. The Morgan fingerprint density at radius 1 is 0.889 bits per heavy atom. The summed E-state index contributed by atoms with van der Waals surface area (Å²) in [7, 11) is 0. The summed E-state index contributed by atoms with van der Waals surface area (Å²) < 4.78 is 39.4. The van der Waals surface area contributed by atoms with Crippen LogP contribution in [0.25, 0.3) is 0 Å². The Labute approximate surface area is 112 Å². The third-order valence-electron chi connectivity index (χ3n) is 2.45. The number of benzene rings is 2. The van der Waals surface area contributed by atoms with E-state index in [0.29, 0.717) is 16.7 Å². The Bertz CT molecular complexity index is 584. The van der Waals surface area contributed by atoms with Crippen LogP contribution in [0.15, 0.2) is 36.4 Å². The molecule has 0 aliphatic carbocycles. The van der Waals surface area contributed by atoms with Crippen molar-refractivity contribution in [2.24, 2.45) is 0 Å². The van der Waals surface area contributed by atoms with Gasteiger partial charge < -0.3 is 0 Å². The van der Waals surface area contributed by atoms with Gasteiger partial charge in [0.1, 0.15) is 5.82 Å². The van der Waals surface area contributed by atoms with Crippen LogP contribution in [0.5, 0.6) is 0 Å². The monoisotopic (exact) mass is 290 g/mol. The van der Waals surface area contributed by atoms with Crippen molar-refractivity contribution >= 4 is 23.2 Å². The van der Waals surface area contributed by atoms with Crippen LogP contribution in [0.3, 0.4) is 0 Å².